The van der Waals surface area contributed by atoms with E-state index in [0.29, 0.717) is 11.9 Å². The van der Waals surface area contributed by atoms with Crippen molar-refractivity contribution in [1.82, 2.24) is 15.0 Å². The molecule has 1 heterocycles. The molecule has 0 bridgehead atoms. The van der Waals surface area contributed by atoms with E-state index in [4.69, 9.17) is 4.74 Å². The van der Waals surface area contributed by atoms with Gasteiger partial charge >= 0.3 is 6.01 Å². The Bertz CT molecular complexity index is 585. The molecular weight excluding hydrogens is 268 g/mol. The Balaban J connectivity index is 2.19. The number of nitrogens with zero attached hydrogens (tertiary/aromatic N) is 4. The van der Waals surface area contributed by atoms with Gasteiger partial charge in [0.25, 0.3) is 0 Å². The number of anilines is 4. The van der Waals surface area contributed by atoms with Gasteiger partial charge in [-0.2, -0.15) is 15.0 Å². The number of methoxy groups -OCH3 is 1. The minimum Gasteiger partial charge on any atom is -0.467 e. The maximum absolute atomic E-state index is 5.08. The van der Waals surface area contributed by atoms with E-state index in [1.807, 2.05) is 50.2 Å². The number of hydrogen-bond acceptors (Lipinski definition) is 7. The van der Waals surface area contributed by atoms with Gasteiger partial charge in [-0.25, -0.2) is 0 Å². The molecule has 0 saturated heterocycles. The van der Waals surface area contributed by atoms with Gasteiger partial charge in [-0.3, -0.25) is 0 Å². The Kier molecular flexibility index (Phi) is 4.76. The Morgan fingerprint density at radius 1 is 1.05 bits per heavy atom. The number of aromatic nitrogens is 3. The summed E-state index contributed by atoms with van der Waals surface area (Å²) in [4.78, 5) is 14.6. The first-order valence-corrected chi connectivity index (χ1v) is 6.70. The van der Waals surface area contributed by atoms with Crippen molar-refractivity contribution in [3.63, 3.8) is 0 Å². The van der Waals surface area contributed by atoms with Crippen LogP contribution in [0, 0.1) is 0 Å². The van der Waals surface area contributed by atoms with Crippen LogP contribution in [0.25, 0.3) is 0 Å². The summed E-state index contributed by atoms with van der Waals surface area (Å²) in [5.74, 6) is 0.923. The average Bonchev–Trinajstić information content (AvgIpc) is 2.48. The molecule has 7 nitrogen and oxygen atoms in total. The van der Waals surface area contributed by atoms with Crippen LogP contribution in [0.1, 0.15) is 6.92 Å². The smallest absolute Gasteiger partial charge is 0.322 e. The SMILES string of the molecule is CCNc1nc(Nc2ccc(N(C)C)cc2)nc(OC)n1. The van der Waals surface area contributed by atoms with Gasteiger partial charge in [0.1, 0.15) is 0 Å². The molecule has 2 aromatic rings. The highest BCUT2D eigenvalue weighted by atomic mass is 16.5. The second-order valence-corrected chi connectivity index (χ2v) is 4.57. The van der Waals surface area contributed by atoms with E-state index >= 15 is 0 Å². The molecule has 0 spiro atoms. The first-order chi connectivity index (χ1) is 10.1. The zero-order valence-corrected chi connectivity index (χ0v) is 12.7. The molecule has 0 aliphatic rings. The Labute approximate surface area is 124 Å². The van der Waals surface area contributed by atoms with Gasteiger partial charge < -0.3 is 20.3 Å². The first kappa shape index (κ1) is 14.8. The second kappa shape index (κ2) is 6.74. The average molecular weight is 288 g/mol. The lowest BCUT2D eigenvalue weighted by Gasteiger charge is -2.13. The van der Waals surface area contributed by atoms with E-state index < -0.39 is 0 Å². The van der Waals surface area contributed by atoms with Gasteiger partial charge in [0.15, 0.2) is 0 Å². The molecule has 0 aliphatic heterocycles. The van der Waals surface area contributed by atoms with Gasteiger partial charge in [-0.15, -0.1) is 0 Å². The Hall–Kier alpha value is -2.57. The van der Waals surface area contributed by atoms with E-state index in [-0.39, 0.29) is 6.01 Å². The maximum Gasteiger partial charge on any atom is 0.322 e. The predicted octanol–water partition coefficient (Wildman–Crippen LogP) is 2.12. The fraction of sp³-hybridized carbons (Fsp3) is 0.357. The minimum absolute atomic E-state index is 0.272. The molecule has 0 amide bonds. The van der Waals surface area contributed by atoms with E-state index in [0.717, 1.165) is 17.9 Å². The lowest BCUT2D eigenvalue weighted by Crippen LogP contribution is -2.09. The molecule has 0 radical (unpaired) electrons. The van der Waals surface area contributed by atoms with Crippen LogP contribution in [-0.4, -0.2) is 42.7 Å². The van der Waals surface area contributed by atoms with Crippen LogP contribution in [0.3, 0.4) is 0 Å². The van der Waals surface area contributed by atoms with E-state index in [9.17, 15) is 0 Å². The summed E-state index contributed by atoms with van der Waals surface area (Å²) in [6.45, 7) is 2.70. The molecule has 7 heteroatoms. The van der Waals surface area contributed by atoms with Crippen molar-refractivity contribution in [3.8, 4) is 6.01 Å². The molecule has 21 heavy (non-hydrogen) atoms. The van der Waals surface area contributed by atoms with Crippen molar-refractivity contribution in [2.75, 3.05) is 43.3 Å². The highest BCUT2D eigenvalue weighted by Crippen LogP contribution is 2.19. The lowest BCUT2D eigenvalue weighted by molar-refractivity contribution is 0.379. The largest absolute Gasteiger partial charge is 0.467 e. The molecule has 1 aromatic carbocycles. The molecule has 112 valence electrons. The quantitative estimate of drug-likeness (QED) is 0.843. The second-order valence-electron chi connectivity index (χ2n) is 4.57. The molecule has 0 atom stereocenters. The van der Waals surface area contributed by atoms with Crippen molar-refractivity contribution in [3.05, 3.63) is 24.3 Å². The minimum atomic E-state index is 0.272. The Morgan fingerprint density at radius 3 is 2.29 bits per heavy atom. The van der Waals surface area contributed by atoms with Crippen LogP contribution < -0.4 is 20.3 Å². The van der Waals surface area contributed by atoms with E-state index in [1.54, 1.807) is 0 Å². The van der Waals surface area contributed by atoms with Crippen molar-refractivity contribution in [2.24, 2.45) is 0 Å². The number of rotatable bonds is 6. The first-order valence-electron chi connectivity index (χ1n) is 6.70. The van der Waals surface area contributed by atoms with Crippen LogP contribution in [0.4, 0.5) is 23.3 Å². The van der Waals surface area contributed by atoms with Crippen molar-refractivity contribution < 1.29 is 4.74 Å². The van der Waals surface area contributed by atoms with Gasteiger partial charge in [0, 0.05) is 32.0 Å². The number of nitrogens with one attached hydrogen (secondary N) is 2. The summed E-state index contributed by atoms with van der Waals surface area (Å²) < 4.78 is 5.08. The molecule has 1 aromatic heterocycles. The zero-order valence-electron chi connectivity index (χ0n) is 12.7. The normalized spacial score (nSPS) is 10.1. The summed E-state index contributed by atoms with van der Waals surface area (Å²) in [7, 11) is 5.53. The van der Waals surface area contributed by atoms with Crippen molar-refractivity contribution >= 4 is 23.3 Å². The highest BCUT2D eigenvalue weighted by Gasteiger charge is 2.06. The standard InChI is InChI=1S/C14H20N6O/c1-5-15-12-17-13(19-14(18-12)21-4)16-10-6-8-11(9-7-10)20(2)3/h6-9H,5H2,1-4H3,(H2,15,16,17,18,19). The lowest BCUT2D eigenvalue weighted by atomic mass is 10.2. The summed E-state index contributed by atoms with van der Waals surface area (Å²) >= 11 is 0. The molecule has 0 fully saturated rings. The number of benzene rings is 1. The zero-order chi connectivity index (χ0) is 15.2. The molecule has 0 aliphatic carbocycles. The Morgan fingerprint density at radius 2 is 1.71 bits per heavy atom. The van der Waals surface area contributed by atoms with E-state index in [1.165, 1.54) is 7.11 Å². The van der Waals surface area contributed by atoms with Crippen molar-refractivity contribution in [1.29, 1.82) is 0 Å². The molecular formula is C14H20N6O. The molecule has 0 unspecified atom stereocenters. The van der Waals surface area contributed by atoms with Gasteiger partial charge in [0.05, 0.1) is 7.11 Å². The third-order valence-corrected chi connectivity index (χ3v) is 2.77. The van der Waals surface area contributed by atoms with Crippen LogP contribution >= 0.6 is 0 Å². The van der Waals surface area contributed by atoms with Crippen LogP contribution in [0.15, 0.2) is 24.3 Å². The van der Waals surface area contributed by atoms with E-state index in [2.05, 4.69) is 25.6 Å². The van der Waals surface area contributed by atoms with Crippen LogP contribution in [0.2, 0.25) is 0 Å². The van der Waals surface area contributed by atoms with Gasteiger partial charge in [0.2, 0.25) is 11.9 Å². The third-order valence-electron chi connectivity index (χ3n) is 2.77. The third kappa shape index (κ3) is 3.95. The molecule has 2 rings (SSSR count). The highest BCUT2D eigenvalue weighted by molar-refractivity contribution is 5.59. The topological polar surface area (TPSA) is 75.2 Å². The van der Waals surface area contributed by atoms with Gasteiger partial charge in [-0.1, -0.05) is 0 Å². The predicted molar refractivity (Wildman–Crippen MR) is 84.6 cm³/mol. The fourth-order valence-corrected chi connectivity index (χ4v) is 1.71. The van der Waals surface area contributed by atoms with Crippen LogP contribution in [-0.2, 0) is 0 Å². The van der Waals surface area contributed by atoms with Gasteiger partial charge in [-0.05, 0) is 31.2 Å². The van der Waals surface area contributed by atoms with Crippen LogP contribution in [0.5, 0.6) is 6.01 Å². The maximum atomic E-state index is 5.08. The van der Waals surface area contributed by atoms with Crippen molar-refractivity contribution in [2.45, 2.75) is 6.92 Å². The summed E-state index contributed by atoms with van der Waals surface area (Å²) in [6, 6.07) is 8.25. The molecule has 2 N–H and O–H groups in total. The summed E-state index contributed by atoms with van der Waals surface area (Å²) in [6.07, 6.45) is 0. The molecule has 0 saturated carbocycles. The number of ether oxygens (including phenoxy) is 1. The summed E-state index contributed by atoms with van der Waals surface area (Å²) in [5.41, 5.74) is 2.03. The fourth-order valence-electron chi connectivity index (χ4n) is 1.71. The monoisotopic (exact) mass is 288 g/mol. The summed E-state index contributed by atoms with van der Waals surface area (Å²) in [5, 5.41) is 6.19. The number of hydrogen-bond donors (Lipinski definition) is 2.